The summed E-state index contributed by atoms with van der Waals surface area (Å²) >= 11 is 1.34. The van der Waals surface area contributed by atoms with Crippen molar-refractivity contribution in [3.63, 3.8) is 0 Å². The highest BCUT2D eigenvalue weighted by atomic mass is 32.1. The Bertz CT molecular complexity index is 690. The predicted molar refractivity (Wildman–Crippen MR) is 79.5 cm³/mol. The number of anilines is 1. The molecule has 3 rings (SSSR count). The molecule has 0 aliphatic carbocycles. The summed E-state index contributed by atoms with van der Waals surface area (Å²) in [6.45, 7) is 0.618. The number of carbonyl (C=O) groups excluding carboxylic acids is 1. The van der Waals surface area contributed by atoms with E-state index in [-0.39, 0.29) is 18.4 Å². The summed E-state index contributed by atoms with van der Waals surface area (Å²) in [4.78, 5) is 29.3. The van der Waals surface area contributed by atoms with Crippen LogP contribution < -0.4 is 5.32 Å². The minimum Gasteiger partial charge on any atom is -0.465 e. The van der Waals surface area contributed by atoms with Crippen LogP contribution >= 0.6 is 11.3 Å². The molecule has 0 radical (unpaired) electrons. The molecule has 1 unspecified atom stereocenters. The Morgan fingerprint density at radius 2 is 2.23 bits per heavy atom. The molecule has 0 saturated carbocycles. The molecule has 0 bridgehead atoms. The molecular formula is C13H13N5O3S. The molecule has 2 aromatic rings. The van der Waals surface area contributed by atoms with Gasteiger partial charge in [-0.25, -0.2) is 9.78 Å². The Morgan fingerprint density at radius 3 is 2.91 bits per heavy atom. The van der Waals surface area contributed by atoms with Gasteiger partial charge in [0.2, 0.25) is 5.91 Å². The second kappa shape index (κ2) is 6.06. The molecule has 114 valence electrons. The van der Waals surface area contributed by atoms with Crippen molar-refractivity contribution in [1.82, 2.24) is 20.1 Å². The van der Waals surface area contributed by atoms with Crippen LogP contribution in [0.5, 0.6) is 0 Å². The summed E-state index contributed by atoms with van der Waals surface area (Å²) in [5.74, 6) is -0.524. The van der Waals surface area contributed by atoms with Crippen LogP contribution in [0.15, 0.2) is 24.7 Å². The average Bonchev–Trinajstić information content (AvgIpc) is 3.17. The van der Waals surface area contributed by atoms with E-state index in [0.717, 1.165) is 10.4 Å². The molecule has 2 N–H and O–H groups in total. The lowest BCUT2D eigenvalue weighted by Gasteiger charge is -2.11. The van der Waals surface area contributed by atoms with E-state index in [2.05, 4.69) is 20.5 Å². The lowest BCUT2D eigenvalue weighted by molar-refractivity contribution is -0.119. The summed E-state index contributed by atoms with van der Waals surface area (Å²) in [7, 11) is 0. The number of amides is 2. The molecule has 0 aromatic carbocycles. The number of nitrogens with zero attached hydrogens (tertiary/aromatic N) is 4. The van der Waals surface area contributed by atoms with Crippen LogP contribution in [0.4, 0.5) is 9.93 Å². The first kappa shape index (κ1) is 14.4. The van der Waals surface area contributed by atoms with Gasteiger partial charge in [-0.3, -0.25) is 4.79 Å². The number of rotatable bonds is 3. The zero-order chi connectivity index (χ0) is 15.5. The van der Waals surface area contributed by atoms with E-state index >= 15 is 0 Å². The molecule has 9 heteroatoms. The summed E-state index contributed by atoms with van der Waals surface area (Å²) in [5.41, 5.74) is 0.880. The van der Waals surface area contributed by atoms with E-state index in [4.69, 9.17) is 5.11 Å². The molecule has 1 aliphatic rings. The quantitative estimate of drug-likeness (QED) is 0.888. The largest absolute Gasteiger partial charge is 0.465 e. The summed E-state index contributed by atoms with van der Waals surface area (Å²) < 4.78 is 0. The Labute approximate surface area is 129 Å². The Morgan fingerprint density at radius 1 is 1.36 bits per heavy atom. The highest BCUT2D eigenvalue weighted by Gasteiger charge is 2.31. The van der Waals surface area contributed by atoms with Crippen LogP contribution in [0.1, 0.15) is 6.42 Å². The SMILES string of the molecule is O=C(Nc1ncc(-c2ccnnc2)s1)C1CCN(C(=O)O)C1. The van der Waals surface area contributed by atoms with Gasteiger partial charge in [-0.15, -0.1) is 0 Å². The maximum absolute atomic E-state index is 12.1. The summed E-state index contributed by atoms with van der Waals surface area (Å²) in [6.07, 6.45) is 4.42. The molecule has 2 amide bonds. The second-order valence-electron chi connectivity index (χ2n) is 4.86. The van der Waals surface area contributed by atoms with Crippen molar-refractivity contribution in [1.29, 1.82) is 0 Å². The summed E-state index contributed by atoms with van der Waals surface area (Å²) in [5, 5.41) is 19.7. The van der Waals surface area contributed by atoms with Crippen LogP contribution in [0.25, 0.3) is 10.4 Å². The number of hydrogen-bond donors (Lipinski definition) is 2. The van der Waals surface area contributed by atoms with Crippen LogP contribution in [0.3, 0.4) is 0 Å². The van der Waals surface area contributed by atoms with Gasteiger partial charge in [-0.05, 0) is 12.5 Å². The molecular weight excluding hydrogens is 306 g/mol. The van der Waals surface area contributed by atoms with Crippen molar-refractivity contribution in [2.75, 3.05) is 18.4 Å². The third-order valence-electron chi connectivity index (χ3n) is 3.43. The Kier molecular flexibility index (Phi) is 3.96. The molecule has 1 aliphatic heterocycles. The monoisotopic (exact) mass is 319 g/mol. The number of carbonyl (C=O) groups is 2. The van der Waals surface area contributed by atoms with Crippen LogP contribution in [-0.2, 0) is 4.79 Å². The van der Waals surface area contributed by atoms with Gasteiger partial charge < -0.3 is 15.3 Å². The standard InChI is InChI=1S/C13H13N5O3S/c19-11(9-2-4-18(7-9)13(20)21)17-12-14-6-10(22-12)8-1-3-15-16-5-8/h1,3,5-6,9H,2,4,7H2,(H,20,21)(H,14,17,19). The van der Waals surface area contributed by atoms with E-state index in [0.29, 0.717) is 18.1 Å². The number of carboxylic acid groups (broad SMARTS) is 1. The number of aromatic nitrogens is 3. The number of hydrogen-bond acceptors (Lipinski definition) is 6. The van der Waals surface area contributed by atoms with Crippen molar-refractivity contribution in [2.24, 2.45) is 5.92 Å². The minimum absolute atomic E-state index is 0.197. The zero-order valence-electron chi connectivity index (χ0n) is 11.5. The third kappa shape index (κ3) is 3.03. The lowest BCUT2D eigenvalue weighted by atomic mass is 10.1. The molecule has 1 saturated heterocycles. The van der Waals surface area contributed by atoms with E-state index in [1.165, 1.54) is 16.2 Å². The van der Waals surface area contributed by atoms with Crippen LogP contribution in [0, 0.1) is 5.92 Å². The normalized spacial score (nSPS) is 17.5. The van der Waals surface area contributed by atoms with Crippen molar-refractivity contribution < 1.29 is 14.7 Å². The first-order chi connectivity index (χ1) is 10.6. The second-order valence-corrected chi connectivity index (χ2v) is 5.89. The predicted octanol–water partition coefficient (Wildman–Crippen LogP) is 1.54. The number of thiazole rings is 1. The lowest BCUT2D eigenvalue weighted by Crippen LogP contribution is -2.30. The first-order valence-electron chi connectivity index (χ1n) is 6.65. The van der Waals surface area contributed by atoms with Crippen LogP contribution in [-0.4, -0.2) is 50.3 Å². The topological polar surface area (TPSA) is 108 Å². The van der Waals surface area contributed by atoms with Gasteiger partial charge in [-0.1, -0.05) is 11.3 Å². The third-order valence-corrected chi connectivity index (χ3v) is 4.40. The molecule has 1 fully saturated rings. The molecule has 2 aromatic heterocycles. The highest BCUT2D eigenvalue weighted by Crippen LogP contribution is 2.28. The average molecular weight is 319 g/mol. The van der Waals surface area contributed by atoms with Crippen molar-refractivity contribution in [2.45, 2.75) is 6.42 Å². The van der Waals surface area contributed by atoms with Gasteiger partial charge in [0.05, 0.1) is 23.2 Å². The molecule has 3 heterocycles. The fourth-order valence-corrected chi connectivity index (χ4v) is 3.07. The van der Waals surface area contributed by atoms with Gasteiger partial charge in [-0.2, -0.15) is 10.2 Å². The van der Waals surface area contributed by atoms with Crippen LogP contribution in [0.2, 0.25) is 0 Å². The van der Waals surface area contributed by atoms with Gasteiger partial charge in [0.25, 0.3) is 0 Å². The molecule has 8 nitrogen and oxygen atoms in total. The van der Waals surface area contributed by atoms with E-state index in [1.807, 2.05) is 6.07 Å². The fourth-order valence-electron chi connectivity index (χ4n) is 2.26. The first-order valence-corrected chi connectivity index (χ1v) is 7.47. The fraction of sp³-hybridized carbons (Fsp3) is 0.308. The zero-order valence-corrected chi connectivity index (χ0v) is 12.3. The summed E-state index contributed by atoms with van der Waals surface area (Å²) in [6, 6.07) is 1.81. The van der Waals surface area contributed by atoms with Gasteiger partial charge in [0.1, 0.15) is 0 Å². The van der Waals surface area contributed by atoms with Crippen molar-refractivity contribution in [3.8, 4) is 10.4 Å². The molecule has 22 heavy (non-hydrogen) atoms. The minimum atomic E-state index is -0.989. The Hall–Kier alpha value is -2.55. The molecule has 0 spiro atoms. The van der Waals surface area contributed by atoms with Gasteiger partial charge in [0.15, 0.2) is 5.13 Å². The maximum atomic E-state index is 12.1. The highest BCUT2D eigenvalue weighted by molar-refractivity contribution is 7.19. The Balaban J connectivity index is 1.63. The van der Waals surface area contributed by atoms with E-state index in [9.17, 15) is 9.59 Å². The number of likely N-dealkylation sites (tertiary alicyclic amines) is 1. The van der Waals surface area contributed by atoms with Gasteiger partial charge in [0, 0.05) is 24.8 Å². The maximum Gasteiger partial charge on any atom is 0.407 e. The van der Waals surface area contributed by atoms with Gasteiger partial charge >= 0.3 is 6.09 Å². The smallest absolute Gasteiger partial charge is 0.407 e. The van der Waals surface area contributed by atoms with E-state index in [1.54, 1.807) is 18.6 Å². The number of nitrogens with one attached hydrogen (secondary N) is 1. The van der Waals surface area contributed by atoms with Crippen molar-refractivity contribution >= 4 is 28.5 Å². The van der Waals surface area contributed by atoms with E-state index < -0.39 is 6.09 Å². The van der Waals surface area contributed by atoms with Crippen molar-refractivity contribution in [3.05, 3.63) is 24.7 Å². The molecule has 1 atom stereocenters.